The van der Waals surface area contributed by atoms with Crippen LogP contribution >= 0.6 is 0 Å². The van der Waals surface area contributed by atoms with Crippen molar-refractivity contribution in [2.24, 2.45) is 22.1 Å². The molecule has 2 N–H and O–H groups in total. The van der Waals surface area contributed by atoms with Crippen molar-refractivity contribution in [2.75, 3.05) is 0 Å². The van der Waals surface area contributed by atoms with Gasteiger partial charge in [-0.15, -0.1) is 0 Å². The average Bonchev–Trinajstić information content (AvgIpc) is 2.44. The van der Waals surface area contributed by atoms with Crippen LogP contribution < -0.4 is 5.73 Å². The molecule has 11 heavy (non-hydrogen) atoms. The molecule has 0 bridgehead atoms. The Hall–Kier alpha value is -0.530. The Kier molecular flexibility index (Phi) is 1.95. The zero-order valence-corrected chi connectivity index (χ0v) is 7.89. The normalized spacial score (nSPS) is 32.2. The summed E-state index contributed by atoms with van der Waals surface area (Å²) >= 11 is 0. The number of amidine groups is 1. The monoisotopic (exact) mass is 154 g/mol. The summed E-state index contributed by atoms with van der Waals surface area (Å²) in [6.45, 7) is 8.50. The lowest BCUT2D eigenvalue weighted by atomic mass is 9.95. The predicted molar refractivity (Wildman–Crippen MR) is 48.6 cm³/mol. The second-order valence-corrected chi connectivity index (χ2v) is 4.54. The molecule has 2 unspecified atom stereocenters. The van der Waals surface area contributed by atoms with Gasteiger partial charge in [-0.25, -0.2) is 0 Å². The summed E-state index contributed by atoms with van der Waals surface area (Å²) in [4.78, 5) is 4.44. The maximum absolute atomic E-state index is 5.80. The molecule has 0 saturated heterocycles. The largest absolute Gasteiger partial charge is 0.387 e. The standard InChI is InChI=1S/C9H18N2/c1-6-5-7(6)11-8(10)9(2,3)4/h6-7H,5H2,1-4H3,(H2,10,11). The number of hydrogen-bond acceptors (Lipinski definition) is 1. The summed E-state index contributed by atoms with van der Waals surface area (Å²) in [5.74, 6) is 1.56. The smallest absolute Gasteiger partial charge is 0.0994 e. The molecule has 0 aromatic heterocycles. The molecular weight excluding hydrogens is 136 g/mol. The third-order valence-electron chi connectivity index (χ3n) is 2.14. The van der Waals surface area contributed by atoms with Gasteiger partial charge in [0.15, 0.2) is 0 Å². The van der Waals surface area contributed by atoms with Gasteiger partial charge in [0, 0.05) is 5.41 Å². The molecule has 0 aromatic rings. The average molecular weight is 154 g/mol. The van der Waals surface area contributed by atoms with Gasteiger partial charge in [-0.05, 0) is 12.3 Å². The fraction of sp³-hybridized carbons (Fsp3) is 0.889. The van der Waals surface area contributed by atoms with Crippen LogP contribution in [0, 0.1) is 11.3 Å². The molecule has 1 aliphatic rings. The molecule has 2 atom stereocenters. The van der Waals surface area contributed by atoms with Crippen molar-refractivity contribution in [3.8, 4) is 0 Å². The van der Waals surface area contributed by atoms with E-state index in [0.717, 1.165) is 11.8 Å². The lowest BCUT2D eigenvalue weighted by molar-refractivity contribution is 0.580. The summed E-state index contributed by atoms with van der Waals surface area (Å²) in [6.07, 6.45) is 1.22. The molecule has 64 valence electrons. The molecule has 1 rings (SSSR count). The zero-order chi connectivity index (χ0) is 8.65. The van der Waals surface area contributed by atoms with E-state index in [9.17, 15) is 0 Å². The molecule has 1 fully saturated rings. The maximum atomic E-state index is 5.80. The molecule has 0 heterocycles. The van der Waals surface area contributed by atoms with E-state index in [1.807, 2.05) is 0 Å². The number of nitrogens with zero attached hydrogens (tertiary/aromatic N) is 1. The van der Waals surface area contributed by atoms with Crippen LogP contribution in [0.2, 0.25) is 0 Å². The topological polar surface area (TPSA) is 38.4 Å². The molecule has 1 saturated carbocycles. The lowest BCUT2D eigenvalue weighted by Gasteiger charge is -2.17. The van der Waals surface area contributed by atoms with Gasteiger partial charge in [-0.2, -0.15) is 0 Å². The Morgan fingerprint density at radius 1 is 1.45 bits per heavy atom. The Morgan fingerprint density at radius 3 is 2.18 bits per heavy atom. The summed E-state index contributed by atoms with van der Waals surface area (Å²) in [6, 6.07) is 0.522. The molecule has 0 spiro atoms. The van der Waals surface area contributed by atoms with Crippen molar-refractivity contribution in [1.29, 1.82) is 0 Å². The first-order chi connectivity index (χ1) is 4.91. The van der Waals surface area contributed by atoms with Gasteiger partial charge in [0.25, 0.3) is 0 Å². The van der Waals surface area contributed by atoms with Gasteiger partial charge < -0.3 is 5.73 Å². The van der Waals surface area contributed by atoms with Gasteiger partial charge >= 0.3 is 0 Å². The fourth-order valence-electron chi connectivity index (χ4n) is 0.855. The number of aliphatic imine (C=N–C) groups is 1. The van der Waals surface area contributed by atoms with Gasteiger partial charge in [0.05, 0.1) is 11.9 Å². The molecule has 0 radical (unpaired) electrons. The second kappa shape index (κ2) is 2.50. The molecule has 0 amide bonds. The van der Waals surface area contributed by atoms with Crippen LogP contribution in [-0.4, -0.2) is 11.9 Å². The van der Waals surface area contributed by atoms with Crippen molar-refractivity contribution in [3.05, 3.63) is 0 Å². The van der Waals surface area contributed by atoms with E-state index < -0.39 is 0 Å². The molecule has 1 aliphatic carbocycles. The van der Waals surface area contributed by atoms with Crippen LogP contribution in [-0.2, 0) is 0 Å². The highest BCUT2D eigenvalue weighted by Gasteiger charge is 2.33. The van der Waals surface area contributed by atoms with E-state index in [-0.39, 0.29) is 5.41 Å². The van der Waals surface area contributed by atoms with Crippen LogP contribution in [0.3, 0.4) is 0 Å². The van der Waals surface area contributed by atoms with Crippen molar-refractivity contribution >= 4 is 5.84 Å². The van der Waals surface area contributed by atoms with Crippen LogP contribution in [0.1, 0.15) is 34.1 Å². The molecule has 0 aromatic carbocycles. The highest BCUT2D eigenvalue weighted by molar-refractivity contribution is 5.85. The van der Waals surface area contributed by atoms with Gasteiger partial charge in [-0.3, -0.25) is 4.99 Å². The van der Waals surface area contributed by atoms with Gasteiger partial charge in [-0.1, -0.05) is 27.7 Å². The minimum Gasteiger partial charge on any atom is -0.387 e. The third-order valence-corrected chi connectivity index (χ3v) is 2.14. The fourth-order valence-corrected chi connectivity index (χ4v) is 0.855. The molecule has 0 aliphatic heterocycles. The maximum Gasteiger partial charge on any atom is 0.0994 e. The van der Waals surface area contributed by atoms with Crippen LogP contribution in [0.5, 0.6) is 0 Å². The third kappa shape index (κ3) is 2.21. The van der Waals surface area contributed by atoms with E-state index in [1.54, 1.807) is 0 Å². The van der Waals surface area contributed by atoms with Gasteiger partial charge in [0.2, 0.25) is 0 Å². The first-order valence-corrected chi connectivity index (χ1v) is 4.25. The van der Waals surface area contributed by atoms with Crippen molar-refractivity contribution in [2.45, 2.75) is 40.2 Å². The quantitative estimate of drug-likeness (QED) is 0.454. The number of rotatable bonds is 1. The number of hydrogen-bond donors (Lipinski definition) is 1. The minimum atomic E-state index is 0.0440. The van der Waals surface area contributed by atoms with Crippen LogP contribution in [0.4, 0.5) is 0 Å². The van der Waals surface area contributed by atoms with Crippen molar-refractivity contribution < 1.29 is 0 Å². The van der Waals surface area contributed by atoms with E-state index in [2.05, 4.69) is 32.7 Å². The Labute approximate surface area is 68.9 Å². The summed E-state index contributed by atoms with van der Waals surface area (Å²) in [5.41, 5.74) is 5.85. The first kappa shape index (κ1) is 8.57. The number of nitrogens with two attached hydrogens (primary N) is 1. The van der Waals surface area contributed by atoms with E-state index in [4.69, 9.17) is 5.73 Å². The van der Waals surface area contributed by atoms with Crippen molar-refractivity contribution in [3.63, 3.8) is 0 Å². The minimum absolute atomic E-state index is 0.0440. The summed E-state index contributed by atoms with van der Waals surface area (Å²) in [7, 11) is 0. The highest BCUT2D eigenvalue weighted by Crippen LogP contribution is 2.33. The highest BCUT2D eigenvalue weighted by atomic mass is 14.9. The van der Waals surface area contributed by atoms with E-state index >= 15 is 0 Å². The van der Waals surface area contributed by atoms with E-state index in [0.29, 0.717) is 6.04 Å². The van der Waals surface area contributed by atoms with Crippen molar-refractivity contribution in [1.82, 2.24) is 0 Å². The van der Waals surface area contributed by atoms with E-state index in [1.165, 1.54) is 6.42 Å². The molecule has 2 heteroatoms. The lowest BCUT2D eigenvalue weighted by Crippen LogP contribution is -2.29. The Morgan fingerprint density at radius 2 is 1.91 bits per heavy atom. The first-order valence-electron chi connectivity index (χ1n) is 4.25. The van der Waals surface area contributed by atoms with Crippen LogP contribution in [0.25, 0.3) is 0 Å². The zero-order valence-electron chi connectivity index (χ0n) is 7.89. The predicted octanol–water partition coefficient (Wildman–Crippen LogP) is 1.80. The Balaban J connectivity index is 2.53. The molecule has 2 nitrogen and oxygen atoms in total. The molecular formula is C9H18N2. The van der Waals surface area contributed by atoms with Gasteiger partial charge in [0.1, 0.15) is 0 Å². The van der Waals surface area contributed by atoms with Crippen LogP contribution in [0.15, 0.2) is 4.99 Å². The summed E-state index contributed by atoms with van der Waals surface area (Å²) < 4.78 is 0. The Bertz CT molecular complexity index is 176. The summed E-state index contributed by atoms with van der Waals surface area (Å²) in [5, 5.41) is 0. The SMILES string of the molecule is CC1CC1N=C(N)C(C)(C)C. The second-order valence-electron chi connectivity index (χ2n) is 4.54.